The van der Waals surface area contributed by atoms with E-state index < -0.39 is 17.6 Å². The number of Topliss-reactive ketones (excluding diaryl/α,β-unsaturated/α-hetero) is 1. The first-order chi connectivity index (χ1) is 14.6. The van der Waals surface area contributed by atoms with Crippen molar-refractivity contribution in [1.29, 1.82) is 0 Å². The molecule has 1 atom stereocenters. The Morgan fingerprint density at radius 2 is 1.94 bits per heavy atom. The summed E-state index contributed by atoms with van der Waals surface area (Å²) in [5, 5.41) is 0. The van der Waals surface area contributed by atoms with E-state index in [-0.39, 0.29) is 29.9 Å². The van der Waals surface area contributed by atoms with Crippen LogP contribution in [0.4, 0.5) is 17.3 Å². The fourth-order valence-corrected chi connectivity index (χ4v) is 3.83. The van der Waals surface area contributed by atoms with E-state index in [0.717, 1.165) is 0 Å². The summed E-state index contributed by atoms with van der Waals surface area (Å²) in [5.74, 6) is 0.448. The second-order valence-electron chi connectivity index (χ2n) is 7.99. The molecule has 0 radical (unpaired) electrons. The standard InChI is InChI=1S/C22H24N4O5/c1-5-25-14-10-13(6-7-15(14)30-11-18(25)27)19(28)12(2)26-20-16(8-9-17(23)24-20)31-22(3,4)21(26)29/h6-10,12H,5,11H2,1-4H3,(H2,23,24). The number of nitrogens with two attached hydrogens (primary N) is 1. The summed E-state index contributed by atoms with van der Waals surface area (Å²) in [6, 6.07) is 7.26. The Kier molecular flexibility index (Phi) is 4.83. The van der Waals surface area contributed by atoms with Gasteiger partial charge in [-0.15, -0.1) is 0 Å². The lowest BCUT2D eigenvalue weighted by Gasteiger charge is -2.40. The van der Waals surface area contributed by atoms with Crippen molar-refractivity contribution < 1.29 is 23.9 Å². The number of fused-ring (bicyclic) bond motifs is 2. The van der Waals surface area contributed by atoms with Gasteiger partial charge in [-0.05, 0) is 58.0 Å². The van der Waals surface area contributed by atoms with E-state index in [1.54, 1.807) is 56.0 Å². The molecule has 0 fully saturated rings. The van der Waals surface area contributed by atoms with Gasteiger partial charge < -0.3 is 20.1 Å². The largest absolute Gasteiger partial charge is 0.482 e. The minimum Gasteiger partial charge on any atom is -0.482 e. The Labute approximate surface area is 179 Å². The predicted octanol–water partition coefficient (Wildman–Crippen LogP) is 2.18. The molecule has 2 aliphatic rings. The number of amides is 2. The summed E-state index contributed by atoms with van der Waals surface area (Å²) >= 11 is 0. The molecule has 1 aromatic carbocycles. The molecule has 2 amide bonds. The SMILES string of the molecule is CCN1C(=O)COc2ccc(C(=O)C(C)N3C(=O)C(C)(C)Oc4ccc(N)nc43)cc21. The van der Waals surface area contributed by atoms with Crippen LogP contribution in [-0.2, 0) is 9.59 Å². The lowest BCUT2D eigenvalue weighted by molar-refractivity contribution is -0.133. The summed E-state index contributed by atoms with van der Waals surface area (Å²) in [5.41, 5.74) is 5.54. The quantitative estimate of drug-likeness (QED) is 0.748. The summed E-state index contributed by atoms with van der Waals surface area (Å²) < 4.78 is 11.3. The number of hydrogen-bond acceptors (Lipinski definition) is 7. The number of likely N-dealkylation sites (N-methyl/N-ethyl adjacent to an activating group) is 1. The average molecular weight is 424 g/mol. The van der Waals surface area contributed by atoms with Crippen LogP contribution in [0.2, 0.25) is 0 Å². The maximum atomic E-state index is 13.4. The Morgan fingerprint density at radius 3 is 2.65 bits per heavy atom. The summed E-state index contributed by atoms with van der Waals surface area (Å²) in [6.45, 7) is 7.18. The molecule has 0 saturated carbocycles. The molecule has 1 unspecified atom stereocenters. The van der Waals surface area contributed by atoms with E-state index in [2.05, 4.69) is 4.98 Å². The minimum absolute atomic E-state index is 0.0359. The van der Waals surface area contributed by atoms with Gasteiger partial charge in [0.25, 0.3) is 11.8 Å². The fourth-order valence-electron chi connectivity index (χ4n) is 3.83. The predicted molar refractivity (Wildman–Crippen MR) is 115 cm³/mol. The third-order valence-corrected chi connectivity index (χ3v) is 5.46. The molecule has 2 aliphatic heterocycles. The number of ether oxygens (including phenoxy) is 2. The average Bonchev–Trinajstić information content (AvgIpc) is 2.73. The zero-order valence-corrected chi connectivity index (χ0v) is 17.8. The molecule has 0 saturated heterocycles. The second-order valence-corrected chi connectivity index (χ2v) is 7.99. The molecule has 3 heterocycles. The van der Waals surface area contributed by atoms with E-state index in [1.165, 1.54) is 4.90 Å². The lowest BCUT2D eigenvalue weighted by Crippen LogP contribution is -2.57. The molecule has 9 nitrogen and oxygen atoms in total. The van der Waals surface area contributed by atoms with E-state index >= 15 is 0 Å². The minimum atomic E-state index is -1.17. The van der Waals surface area contributed by atoms with Crippen LogP contribution in [0.5, 0.6) is 11.5 Å². The molecular formula is C22H24N4O5. The van der Waals surface area contributed by atoms with Crippen molar-refractivity contribution in [2.45, 2.75) is 39.3 Å². The number of carbonyl (C=O) groups is 3. The Morgan fingerprint density at radius 1 is 1.23 bits per heavy atom. The van der Waals surface area contributed by atoms with Gasteiger partial charge in [0.1, 0.15) is 11.6 Å². The maximum Gasteiger partial charge on any atom is 0.272 e. The molecule has 2 aromatic rings. The lowest BCUT2D eigenvalue weighted by atomic mass is 9.98. The van der Waals surface area contributed by atoms with Gasteiger partial charge in [0, 0.05) is 12.1 Å². The number of benzene rings is 1. The molecule has 31 heavy (non-hydrogen) atoms. The van der Waals surface area contributed by atoms with E-state index in [4.69, 9.17) is 15.2 Å². The van der Waals surface area contributed by atoms with Crippen molar-refractivity contribution in [3.8, 4) is 11.5 Å². The molecule has 0 spiro atoms. The van der Waals surface area contributed by atoms with E-state index in [0.29, 0.717) is 29.3 Å². The van der Waals surface area contributed by atoms with Gasteiger partial charge in [-0.1, -0.05) is 0 Å². The normalized spacial score (nSPS) is 17.9. The van der Waals surface area contributed by atoms with Crippen molar-refractivity contribution in [1.82, 2.24) is 4.98 Å². The second kappa shape index (κ2) is 7.26. The first kappa shape index (κ1) is 20.6. The van der Waals surface area contributed by atoms with Gasteiger partial charge in [0.05, 0.1) is 11.7 Å². The third-order valence-electron chi connectivity index (χ3n) is 5.46. The molecular weight excluding hydrogens is 400 g/mol. The van der Waals surface area contributed by atoms with Crippen molar-refractivity contribution in [2.75, 3.05) is 28.7 Å². The highest BCUT2D eigenvalue weighted by molar-refractivity contribution is 6.11. The van der Waals surface area contributed by atoms with Crippen LogP contribution >= 0.6 is 0 Å². The number of pyridine rings is 1. The highest BCUT2D eigenvalue weighted by Crippen LogP contribution is 2.39. The Bertz CT molecular complexity index is 1100. The Balaban J connectivity index is 1.73. The van der Waals surface area contributed by atoms with Crippen LogP contribution < -0.4 is 25.0 Å². The van der Waals surface area contributed by atoms with Crippen LogP contribution in [0.25, 0.3) is 0 Å². The van der Waals surface area contributed by atoms with Gasteiger partial charge in [-0.25, -0.2) is 4.98 Å². The number of hydrogen-bond donors (Lipinski definition) is 1. The van der Waals surface area contributed by atoms with Crippen molar-refractivity contribution in [3.05, 3.63) is 35.9 Å². The first-order valence-electron chi connectivity index (χ1n) is 10.0. The van der Waals surface area contributed by atoms with Gasteiger partial charge in [0.2, 0.25) is 0 Å². The monoisotopic (exact) mass is 424 g/mol. The smallest absolute Gasteiger partial charge is 0.272 e. The number of rotatable bonds is 4. The highest BCUT2D eigenvalue weighted by Gasteiger charge is 2.45. The van der Waals surface area contributed by atoms with Gasteiger partial charge in [0.15, 0.2) is 29.6 Å². The topological polar surface area (TPSA) is 115 Å². The van der Waals surface area contributed by atoms with Crippen LogP contribution in [0.1, 0.15) is 38.1 Å². The van der Waals surface area contributed by atoms with Crippen LogP contribution in [0.15, 0.2) is 30.3 Å². The van der Waals surface area contributed by atoms with Crippen LogP contribution in [-0.4, -0.2) is 47.4 Å². The molecule has 1 aromatic heterocycles. The fraction of sp³-hybridized carbons (Fsp3) is 0.364. The zero-order chi connectivity index (χ0) is 22.5. The van der Waals surface area contributed by atoms with E-state index in [1.807, 2.05) is 6.92 Å². The number of anilines is 3. The summed E-state index contributed by atoms with van der Waals surface area (Å²) in [7, 11) is 0. The molecule has 162 valence electrons. The first-order valence-corrected chi connectivity index (χ1v) is 10.0. The number of nitrogen functional groups attached to an aromatic ring is 1. The maximum absolute atomic E-state index is 13.4. The van der Waals surface area contributed by atoms with Gasteiger partial charge in [-0.3, -0.25) is 19.3 Å². The molecule has 0 aliphatic carbocycles. The van der Waals surface area contributed by atoms with Crippen molar-refractivity contribution >= 4 is 34.9 Å². The highest BCUT2D eigenvalue weighted by atomic mass is 16.5. The van der Waals surface area contributed by atoms with Crippen LogP contribution in [0.3, 0.4) is 0 Å². The summed E-state index contributed by atoms with van der Waals surface area (Å²) in [4.78, 5) is 45.9. The molecule has 2 N–H and O–H groups in total. The van der Waals surface area contributed by atoms with Crippen molar-refractivity contribution in [2.24, 2.45) is 0 Å². The Hall–Kier alpha value is -3.62. The molecule has 4 rings (SSSR count). The summed E-state index contributed by atoms with van der Waals surface area (Å²) in [6.07, 6.45) is 0. The molecule has 0 bridgehead atoms. The van der Waals surface area contributed by atoms with Crippen molar-refractivity contribution in [3.63, 3.8) is 0 Å². The number of aromatic nitrogens is 1. The van der Waals surface area contributed by atoms with Gasteiger partial charge >= 0.3 is 0 Å². The number of ketones is 1. The third kappa shape index (κ3) is 3.35. The molecule has 9 heteroatoms. The van der Waals surface area contributed by atoms with Gasteiger partial charge in [-0.2, -0.15) is 0 Å². The number of carbonyl (C=O) groups excluding carboxylic acids is 3. The van der Waals surface area contributed by atoms with E-state index in [9.17, 15) is 14.4 Å². The van der Waals surface area contributed by atoms with Crippen LogP contribution in [0, 0.1) is 0 Å². The number of nitrogens with zero attached hydrogens (tertiary/aromatic N) is 3. The zero-order valence-electron chi connectivity index (χ0n) is 17.8.